The summed E-state index contributed by atoms with van der Waals surface area (Å²) in [5.74, 6) is 0.00257. The third-order valence-corrected chi connectivity index (χ3v) is 5.84. The van der Waals surface area contributed by atoms with Crippen LogP contribution in [0.5, 0.6) is 0 Å². The Balaban J connectivity index is 1.63. The molecule has 5 aromatic rings. The van der Waals surface area contributed by atoms with Gasteiger partial charge in [0, 0.05) is 11.1 Å². The summed E-state index contributed by atoms with van der Waals surface area (Å²) < 4.78 is 7.24. The van der Waals surface area contributed by atoms with Gasteiger partial charge in [-0.05, 0) is 18.2 Å². The van der Waals surface area contributed by atoms with Gasteiger partial charge in [0.2, 0.25) is 0 Å². The van der Waals surface area contributed by atoms with Gasteiger partial charge in [-0.1, -0.05) is 78.1 Å². The molecule has 0 bridgehead atoms. The Labute approximate surface area is 185 Å². The van der Waals surface area contributed by atoms with Gasteiger partial charge in [-0.2, -0.15) is 0 Å². The lowest BCUT2D eigenvalue weighted by atomic mass is 10.1. The molecule has 0 aliphatic rings. The van der Waals surface area contributed by atoms with E-state index >= 15 is 0 Å². The maximum absolute atomic E-state index is 13.3. The van der Waals surface area contributed by atoms with Gasteiger partial charge in [0.1, 0.15) is 10.7 Å². The first-order valence-electron chi connectivity index (χ1n) is 9.70. The number of allylic oxidation sites excluding steroid dienone is 1. The second kappa shape index (κ2) is 8.09. The lowest BCUT2D eigenvalue weighted by Gasteiger charge is -2.04. The molecule has 0 amide bonds. The molecule has 0 aliphatic carbocycles. The number of hydrogen-bond donors (Lipinski definition) is 0. The van der Waals surface area contributed by atoms with Crippen molar-refractivity contribution in [1.29, 1.82) is 0 Å². The summed E-state index contributed by atoms with van der Waals surface area (Å²) in [6, 6.07) is 22.3. The zero-order valence-corrected chi connectivity index (χ0v) is 17.4. The van der Waals surface area contributed by atoms with Crippen molar-refractivity contribution in [3.63, 3.8) is 0 Å². The minimum absolute atomic E-state index is 0.173. The number of benzene rings is 2. The first-order valence-corrected chi connectivity index (χ1v) is 10.5. The molecule has 0 aliphatic heterocycles. The van der Waals surface area contributed by atoms with Gasteiger partial charge in [-0.25, -0.2) is 9.38 Å². The van der Waals surface area contributed by atoms with Gasteiger partial charge < -0.3 is 4.42 Å². The van der Waals surface area contributed by atoms with Crippen LogP contribution in [0.1, 0.15) is 5.76 Å². The van der Waals surface area contributed by atoms with Gasteiger partial charge in [-0.15, -0.1) is 0 Å². The van der Waals surface area contributed by atoms with E-state index in [0.29, 0.717) is 15.3 Å². The van der Waals surface area contributed by atoms with Crippen molar-refractivity contribution in [1.82, 2.24) is 9.38 Å². The van der Waals surface area contributed by atoms with Crippen LogP contribution in [0.15, 0.2) is 88.1 Å². The van der Waals surface area contributed by atoms with Gasteiger partial charge in [-0.3, -0.25) is 14.9 Å². The van der Waals surface area contributed by atoms with Crippen LogP contribution >= 0.6 is 11.3 Å². The number of aromatic nitrogens is 2. The number of thiazole rings is 1. The van der Waals surface area contributed by atoms with Gasteiger partial charge in [0.25, 0.3) is 5.56 Å². The van der Waals surface area contributed by atoms with Crippen molar-refractivity contribution >= 4 is 34.3 Å². The maximum atomic E-state index is 13.3. The number of hydrogen-bond acceptors (Lipinski definition) is 6. The zero-order chi connectivity index (χ0) is 22.1. The van der Waals surface area contributed by atoms with E-state index in [-0.39, 0.29) is 11.4 Å². The van der Waals surface area contributed by atoms with Gasteiger partial charge in [0.15, 0.2) is 4.96 Å². The molecular weight excluding hydrogens is 426 g/mol. The Bertz CT molecular complexity index is 1560. The van der Waals surface area contributed by atoms with E-state index in [4.69, 9.17) is 9.40 Å². The predicted octanol–water partition coefficient (Wildman–Crippen LogP) is 4.80. The summed E-state index contributed by atoms with van der Waals surface area (Å²) in [4.78, 5) is 28.8. The van der Waals surface area contributed by atoms with Crippen LogP contribution in [0.2, 0.25) is 0 Å². The van der Waals surface area contributed by atoms with E-state index in [1.807, 2.05) is 60.7 Å². The molecule has 2 aromatic carbocycles. The normalized spacial score (nSPS) is 12.2. The molecule has 5 rings (SSSR count). The Hall–Kier alpha value is -4.30. The van der Waals surface area contributed by atoms with Crippen LogP contribution < -0.4 is 10.1 Å². The van der Waals surface area contributed by atoms with Crippen molar-refractivity contribution in [2.24, 2.45) is 0 Å². The SMILES string of the molecule is O=c1/c(=C\C=C\c2ccc([N+](=O)[O-])o2)sc2nc(-c3ccccc3)c(-c3ccccc3)n12. The first-order chi connectivity index (χ1) is 15.6. The van der Waals surface area contributed by atoms with Crippen LogP contribution in [0, 0.1) is 10.1 Å². The van der Waals surface area contributed by atoms with Gasteiger partial charge in [0.05, 0.1) is 22.0 Å². The van der Waals surface area contributed by atoms with E-state index in [2.05, 4.69) is 0 Å². The van der Waals surface area contributed by atoms with E-state index in [9.17, 15) is 14.9 Å². The Kier molecular flexibility index (Phi) is 4.97. The van der Waals surface area contributed by atoms with Crippen LogP contribution in [0.25, 0.3) is 39.6 Å². The molecule has 0 saturated carbocycles. The summed E-state index contributed by atoms with van der Waals surface area (Å²) >= 11 is 1.29. The third-order valence-electron chi connectivity index (χ3n) is 4.86. The highest BCUT2D eigenvalue weighted by molar-refractivity contribution is 7.15. The summed E-state index contributed by atoms with van der Waals surface area (Å²) in [5, 5.41) is 10.7. The first kappa shape index (κ1) is 19.7. The number of rotatable bonds is 5. The molecule has 0 spiro atoms. The minimum atomic E-state index is -0.597. The minimum Gasteiger partial charge on any atom is -0.401 e. The fraction of sp³-hybridized carbons (Fsp3) is 0. The second-order valence-corrected chi connectivity index (χ2v) is 7.90. The molecule has 3 aromatic heterocycles. The summed E-state index contributed by atoms with van der Waals surface area (Å²) in [7, 11) is 0. The Morgan fingerprint density at radius 2 is 1.66 bits per heavy atom. The molecule has 7 nitrogen and oxygen atoms in total. The number of nitro groups is 1. The molecule has 0 radical (unpaired) electrons. The molecule has 8 heteroatoms. The predicted molar refractivity (Wildman–Crippen MR) is 124 cm³/mol. The highest BCUT2D eigenvalue weighted by Gasteiger charge is 2.19. The molecule has 0 fully saturated rings. The third kappa shape index (κ3) is 3.52. The average molecular weight is 441 g/mol. The van der Waals surface area contributed by atoms with Crippen molar-refractivity contribution in [2.75, 3.05) is 0 Å². The standard InChI is InChI=1S/C24H15N3O4S/c28-23-19(13-7-12-18-14-15-20(31-18)27(29)30)32-24-25-21(16-8-3-1-4-9-16)22(26(23)24)17-10-5-2-6-11-17/h1-15H/b12-7+,19-13+. The number of furan rings is 1. The number of nitrogens with zero attached hydrogens (tertiary/aromatic N) is 3. The summed E-state index contributed by atoms with van der Waals surface area (Å²) in [6.45, 7) is 0. The number of imidazole rings is 1. The van der Waals surface area contributed by atoms with Crippen molar-refractivity contribution in [3.05, 3.63) is 110 Å². The fourth-order valence-electron chi connectivity index (χ4n) is 3.43. The molecular formula is C24H15N3O4S. The maximum Gasteiger partial charge on any atom is 0.433 e. The molecule has 0 atom stereocenters. The Morgan fingerprint density at radius 3 is 2.31 bits per heavy atom. The average Bonchev–Trinajstić information content (AvgIpc) is 3.51. The highest BCUT2D eigenvalue weighted by atomic mass is 32.1. The van der Waals surface area contributed by atoms with E-state index in [0.717, 1.165) is 22.5 Å². The van der Waals surface area contributed by atoms with Crippen molar-refractivity contribution in [2.45, 2.75) is 0 Å². The Morgan fingerprint density at radius 1 is 0.969 bits per heavy atom. The molecule has 0 N–H and O–H groups in total. The molecule has 32 heavy (non-hydrogen) atoms. The molecule has 156 valence electrons. The summed E-state index contributed by atoms with van der Waals surface area (Å²) in [5.41, 5.74) is 3.17. The zero-order valence-electron chi connectivity index (χ0n) is 16.5. The molecule has 3 heterocycles. The van der Waals surface area contributed by atoms with E-state index < -0.39 is 4.92 Å². The lowest BCUT2D eigenvalue weighted by Crippen LogP contribution is -2.23. The fourth-order valence-corrected chi connectivity index (χ4v) is 4.36. The van der Waals surface area contributed by atoms with Crippen LogP contribution in [-0.2, 0) is 0 Å². The van der Waals surface area contributed by atoms with Crippen LogP contribution in [-0.4, -0.2) is 14.3 Å². The molecule has 0 unspecified atom stereocenters. The van der Waals surface area contributed by atoms with Crippen molar-refractivity contribution in [3.8, 4) is 22.5 Å². The topological polar surface area (TPSA) is 90.6 Å². The van der Waals surface area contributed by atoms with Crippen LogP contribution in [0.4, 0.5) is 5.88 Å². The van der Waals surface area contributed by atoms with E-state index in [1.54, 1.807) is 22.6 Å². The monoisotopic (exact) mass is 441 g/mol. The highest BCUT2D eigenvalue weighted by Crippen LogP contribution is 2.32. The number of fused-ring (bicyclic) bond motifs is 1. The van der Waals surface area contributed by atoms with Crippen molar-refractivity contribution < 1.29 is 9.34 Å². The smallest absolute Gasteiger partial charge is 0.401 e. The second-order valence-electron chi connectivity index (χ2n) is 6.89. The largest absolute Gasteiger partial charge is 0.433 e. The molecule has 0 saturated heterocycles. The lowest BCUT2D eigenvalue weighted by molar-refractivity contribution is -0.402. The van der Waals surface area contributed by atoms with E-state index in [1.165, 1.54) is 23.5 Å². The quantitative estimate of drug-likeness (QED) is 0.289. The van der Waals surface area contributed by atoms with Gasteiger partial charge >= 0.3 is 5.88 Å². The van der Waals surface area contributed by atoms with Crippen LogP contribution in [0.3, 0.4) is 0 Å². The summed E-state index contributed by atoms with van der Waals surface area (Å²) in [6.07, 6.45) is 4.87.